The maximum Gasteiger partial charge on any atom is 0.116 e. The van der Waals surface area contributed by atoms with Crippen LogP contribution < -0.4 is 0 Å². The quantitative estimate of drug-likeness (QED) is 0.842. The molecule has 1 aromatic carbocycles. The minimum absolute atomic E-state index is 0.0776. The van der Waals surface area contributed by atoms with Gasteiger partial charge >= 0.3 is 0 Å². The number of aliphatic hydroxyl groups is 1. The first-order valence-corrected chi connectivity index (χ1v) is 8.89. The molecule has 0 aliphatic heterocycles. The Labute approximate surface area is 137 Å². The molecule has 1 aromatic rings. The van der Waals surface area contributed by atoms with E-state index in [0.717, 1.165) is 44.1 Å². The Hall–Kier alpha value is -1.40. The fourth-order valence-corrected chi connectivity index (χ4v) is 5.97. The number of hydrogen-bond acceptors (Lipinski definition) is 2. The number of nitriles is 1. The molecular formula is C20H24FNO. The van der Waals surface area contributed by atoms with E-state index in [1.165, 1.54) is 5.56 Å². The third-order valence-corrected chi connectivity index (χ3v) is 7.24. The predicted molar refractivity (Wildman–Crippen MR) is 86.6 cm³/mol. The summed E-state index contributed by atoms with van der Waals surface area (Å²) in [6.45, 7) is 1.73. The molecule has 23 heavy (non-hydrogen) atoms. The van der Waals surface area contributed by atoms with Crippen LogP contribution in [-0.4, -0.2) is 11.2 Å². The average Bonchev–Trinajstić information content (AvgIpc) is 2.88. The van der Waals surface area contributed by atoms with Gasteiger partial charge < -0.3 is 5.11 Å². The summed E-state index contributed by atoms with van der Waals surface area (Å²) in [6.07, 6.45) is 6.00. The van der Waals surface area contributed by atoms with E-state index in [1.54, 1.807) is 0 Å². The minimum atomic E-state index is -0.538. The van der Waals surface area contributed by atoms with Gasteiger partial charge in [0, 0.05) is 5.56 Å². The summed E-state index contributed by atoms with van der Waals surface area (Å²) >= 11 is 0. The van der Waals surface area contributed by atoms with Crippen LogP contribution >= 0.6 is 0 Å². The number of nitrogens with zero attached hydrogens (tertiary/aromatic N) is 1. The van der Waals surface area contributed by atoms with Crippen LogP contribution in [-0.2, 0) is 13.1 Å². The number of alkyl halides is 1. The Morgan fingerprint density at radius 3 is 2.87 bits per heavy atom. The van der Waals surface area contributed by atoms with Crippen molar-refractivity contribution in [2.24, 2.45) is 17.3 Å². The van der Waals surface area contributed by atoms with Gasteiger partial charge in [0.25, 0.3) is 0 Å². The first-order chi connectivity index (χ1) is 11.1. The zero-order valence-electron chi connectivity index (χ0n) is 13.7. The van der Waals surface area contributed by atoms with Crippen molar-refractivity contribution in [3.8, 4) is 6.07 Å². The van der Waals surface area contributed by atoms with Crippen LogP contribution in [0.15, 0.2) is 12.1 Å². The van der Waals surface area contributed by atoms with E-state index in [0.29, 0.717) is 28.9 Å². The minimum Gasteiger partial charge on any atom is -0.393 e. The molecule has 2 fully saturated rings. The summed E-state index contributed by atoms with van der Waals surface area (Å²) < 4.78 is 13.5. The van der Waals surface area contributed by atoms with E-state index in [-0.39, 0.29) is 11.5 Å². The molecule has 0 amide bonds. The summed E-state index contributed by atoms with van der Waals surface area (Å²) in [4.78, 5) is 0. The molecule has 2 nitrogen and oxygen atoms in total. The molecule has 0 aromatic heterocycles. The SMILES string of the molecule is C[C@]12CCC3c4ccc(C#N)c(CF)c4CCC3C1CC[C@@H]2O. The number of benzene rings is 1. The molecule has 2 saturated carbocycles. The Balaban J connectivity index is 1.75. The third-order valence-electron chi connectivity index (χ3n) is 7.24. The molecule has 3 aliphatic rings. The van der Waals surface area contributed by atoms with E-state index < -0.39 is 6.67 Å². The third kappa shape index (κ3) is 2.01. The number of hydrogen-bond donors (Lipinski definition) is 1. The molecule has 3 unspecified atom stereocenters. The molecule has 0 radical (unpaired) electrons. The fraction of sp³-hybridized carbons (Fsp3) is 0.650. The molecule has 0 saturated heterocycles. The second-order valence-electron chi connectivity index (χ2n) is 7.96. The first kappa shape index (κ1) is 15.1. The summed E-state index contributed by atoms with van der Waals surface area (Å²) in [5.41, 5.74) is 3.60. The molecule has 0 spiro atoms. The zero-order chi connectivity index (χ0) is 16.2. The van der Waals surface area contributed by atoms with Crippen LogP contribution in [0.5, 0.6) is 0 Å². The number of rotatable bonds is 1. The van der Waals surface area contributed by atoms with Crippen LogP contribution in [0.1, 0.15) is 67.2 Å². The van der Waals surface area contributed by atoms with Crippen molar-refractivity contribution in [1.29, 1.82) is 5.26 Å². The van der Waals surface area contributed by atoms with Gasteiger partial charge in [0.05, 0.1) is 17.7 Å². The smallest absolute Gasteiger partial charge is 0.116 e. The molecule has 1 N–H and O–H groups in total. The Morgan fingerprint density at radius 2 is 2.13 bits per heavy atom. The van der Waals surface area contributed by atoms with Gasteiger partial charge in [-0.15, -0.1) is 0 Å². The number of aliphatic hydroxyl groups excluding tert-OH is 1. The van der Waals surface area contributed by atoms with Gasteiger partial charge in [0.15, 0.2) is 0 Å². The molecule has 0 bridgehead atoms. The second kappa shape index (κ2) is 5.31. The van der Waals surface area contributed by atoms with Crippen molar-refractivity contribution in [3.05, 3.63) is 34.4 Å². The van der Waals surface area contributed by atoms with Gasteiger partial charge in [-0.25, -0.2) is 4.39 Å². The van der Waals surface area contributed by atoms with Crippen molar-refractivity contribution in [2.45, 2.75) is 64.1 Å². The van der Waals surface area contributed by atoms with Gasteiger partial charge in [-0.1, -0.05) is 13.0 Å². The lowest BCUT2D eigenvalue weighted by atomic mass is 9.55. The van der Waals surface area contributed by atoms with E-state index >= 15 is 0 Å². The highest BCUT2D eigenvalue weighted by atomic mass is 19.1. The van der Waals surface area contributed by atoms with Gasteiger partial charge in [0.2, 0.25) is 0 Å². The molecular weight excluding hydrogens is 289 g/mol. The molecule has 4 rings (SSSR count). The number of halogens is 1. The van der Waals surface area contributed by atoms with E-state index in [4.69, 9.17) is 0 Å². The zero-order valence-corrected chi connectivity index (χ0v) is 13.7. The molecule has 3 heteroatoms. The summed E-state index contributed by atoms with van der Waals surface area (Å²) in [7, 11) is 0. The van der Waals surface area contributed by atoms with Crippen molar-refractivity contribution in [2.75, 3.05) is 0 Å². The van der Waals surface area contributed by atoms with E-state index in [9.17, 15) is 14.8 Å². The highest BCUT2D eigenvalue weighted by Crippen LogP contribution is 2.61. The van der Waals surface area contributed by atoms with Crippen LogP contribution in [0.25, 0.3) is 0 Å². The Morgan fingerprint density at radius 1 is 1.30 bits per heavy atom. The standard InChI is InChI=1S/C20H24FNO/c1-20-9-8-15-13-3-2-12(11-22)17(10-21)14(13)4-5-16(15)18(20)6-7-19(20)23/h2-3,15-16,18-19,23H,4-10H2,1H3/t15?,16?,18?,19-,20-/m0/s1. The van der Waals surface area contributed by atoms with Gasteiger partial charge in [0.1, 0.15) is 6.67 Å². The number of fused-ring (bicyclic) bond motifs is 5. The molecule has 3 aliphatic carbocycles. The fourth-order valence-electron chi connectivity index (χ4n) is 5.97. The second-order valence-corrected chi connectivity index (χ2v) is 7.96. The van der Waals surface area contributed by atoms with E-state index in [1.807, 2.05) is 6.07 Å². The molecule has 5 atom stereocenters. The van der Waals surface area contributed by atoms with Crippen molar-refractivity contribution < 1.29 is 9.50 Å². The van der Waals surface area contributed by atoms with Crippen molar-refractivity contribution in [3.63, 3.8) is 0 Å². The lowest BCUT2D eigenvalue weighted by molar-refractivity contribution is -0.0226. The first-order valence-electron chi connectivity index (χ1n) is 8.89. The maximum atomic E-state index is 13.5. The lowest BCUT2D eigenvalue weighted by Crippen LogP contribution is -2.44. The topological polar surface area (TPSA) is 44.0 Å². The molecule has 122 valence electrons. The van der Waals surface area contributed by atoms with Gasteiger partial charge in [-0.3, -0.25) is 0 Å². The Kier molecular flexibility index (Phi) is 3.50. The summed E-state index contributed by atoms with van der Waals surface area (Å²) in [6, 6.07) is 6.04. The monoisotopic (exact) mass is 313 g/mol. The summed E-state index contributed by atoms with van der Waals surface area (Å²) in [5, 5.41) is 19.7. The molecule has 0 heterocycles. The lowest BCUT2D eigenvalue weighted by Gasteiger charge is -2.50. The van der Waals surface area contributed by atoms with Crippen LogP contribution in [0, 0.1) is 28.6 Å². The van der Waals surface area contributed by atoms with Crippen LogP contribution in [0.4, 0.5) is 4.39 Å². The van der Waals surface area contributed by atoms with Gasteiger partial charge in [-0.05, 0) is 78.9 Å². The van der Waals surface area contributed by atoms with Crippen molar-refractivity contribution >= 4 is 0 Å². The van der Waals surface area contributed by atoms with E-state index in [2.05, 4.69) is 19.1 Å². The highest BCUT2D eigenvalue weighted by molar-refractivity contribution is 5.49. The van der Waals surface area contributed by atoms with Crippen LogP contribution in [0.2, 0.25) is 0 Å². The van der Waals surface area contributed by atoms with Gasteiger partial charge in [-0.2, -0.15) is 5.26 Å². The summed E-state index contributed by atoms with van der Waals surface area (Å²) in [5.74, 6) is 1.69. The van der Waals surface area contributed by atoms with Crippen molar-refractivity contribution in [1.82, 2.24) is 0 Å². The Bertz CT molecular complexity index is 679. The van der Waals surface area contributed by atoms with Crippen LogP contribution in [0.3, 0.4) is 0 Å². The maximum absolute atomic E-state index is 13.5. The largest absolute Gasteiger partial charge is 0.393 e. The highest BCUT2D eigenvalue weighted by Gasteiger charge is 2.54. The predicted octanol–water partition coefficient (Wildman–Crippen LogP) is 4.24. The average molecular weight is 313 g/mol. The normalized spacial score (nSPS) is 38.3.